The van der Waals surface area contributed by atoms with Crippen molar-refractivity contribution in [3.05, 3.63) is 101 Å². The van der Waals surface area contributed by atoms with Crippen LogP contribution in [0.3, 0.4) is 0 Å². The van der Waals surface area contributed by atoms with E-state index < -0.39 is 0 Å². The minimum atomic E-state index is -0.0836. The number of para-hydroxylation sites is 2. The Hall–Kier alpha value is -3.44. The number of carbonyl (C=O) groups excluding carboxylic acids is 1. The number of amides is 1. The van der Waals surface area contributed by atoms with Crippen molar-refractivity contribution < 1.29 is 4.79 Å². The van der Waals surface area contributed by atoms with Crippen LogP contribution in [0.2, 0.25) is 0 Å². The predicted molar refractivity (Wildman–Crippen MR) is 132 cm³/mol. The third-order valence-electron chi connectivity index (χ3n) is 6.47. The van der Waals surface area contributed by atoms with E-state index in [1.807, 2.05) is 48.5 Å². The Morgan fingerprint density at radius 1 is 0.788 bits per heavy atom. The zero-order valence-corrected chi connectivity index (χ0v) is 18.9. The van der Waals surface area contributed by atoms with Crippen LogP contribution < -0.4 is 5.32 Å². The molecule has 1 aliphatic heterocycles. The number of likely N-dealkylation sites (tertiary alicyclic amines) is 1. The van der Waals surface area contributed by atoms with E-state index in [1.54, 1.807) is 0 Å². The molecule has 0 bridgehead atoms. The highest BCUT2D eigenvalue weighted by Gasteiger charge is 2.16. The number of aromatic nitrogens is 2. The lowest BCUT2D eigenvalue weighted by Gasteiger charge is -2.27. The fraction of sp³-hybridized carbons (Fsp3) is 0.286. The van der Waals surface area contributed by atoms with Crippen molar-refractivity contribution in [2.75, 3.05) is 13.1 Å². The molecule has 0 unspecified atom stereocenters. The molecule has 5 heteroatoms. The van der Waals surface area contributed by atoms with E-state index in [0.717, 1.165) is 29.9 Å². The standard InChI is InChI=1S/C28H30N4O/c33-28(22-11-3-1-4-12-22)29-19-27-30-25-15-7-8-16-26(25)32(27)21-24-14-6-5-13-23(24)20-31-17-9-2-10-18-31/h1,3-8,11-16H,2,9-10,17-21H2,(H,29,33). The summed E-state index contributed by atoms with van der Waals surface area (Å²) in [7, 11) is 0. The minimum absolute atomic E-state index is 0.0836. The molecule has 1 saturated heterocycles. The Morgan fingerprint density at radius 3 is 2.24 bits per heavy atom. The molecule has 168 valence electrons. The lowest BCUT2D eigenvalue weighted by molar-refractivity contribution is 0.0949. The topological polar surface area (TPSA) is 50.2 Å². The molecule has 0 saturated carbocycles. The highest BCUT2D eigenvalue weighted by Crippen LogP contribution is 2.22. The summed E-state index contributed by atoms with van der Waals surface area (Å²) in [6.45, 7) is 4.47. The van der Waals surface area contributed by atoms with Gasteiger partial charge >= 0.3 is 0 Å². The second-order valence-corrected chi connectivity index (χ2v) is 8.76. The largest absolute Gasteiger partial charge is 0.345 e. The third-order valence-corrected chi connectivity index (χ3v) is 6.47. The Bertz CT molecular complexity index is 1230. The van der Waals surface area contributed by atoms with Crippen LogP contribution >= 0.6 is 0 Å². The number of hydrogen-bond acceptors (Lipinski definition) is 3. The highest BCUT2D eigenvalue weighted by molar-refractivity contribution is 5.94. The summed E-state index contributed by atoms with van der Waals surface area (Å²) in [5, 5.41) is 3.05. The van der Waals surface area contributed by atoms with Gasteiger partial charge in [0.05, 0.1) is 17.6 Å². The molecule has 3 aromatic carbocycles. The smallest absolute Gasteiger partial charge is 0.251 e. The van der Waals surface area contributed by atoms with Crippen LogP contribution in [0.4, 0.5) is 0 Å². The lowest BCUT2D eigenvalue weighted by atomic mass is 10.0. The van der Waals surface area contributed by atoms with Gasteiger partial charge in [-0.25, -0.2) is 4.98 Å². The molecular formula is C28H30N4O. The van der Waals surface area contributed by atoms with Crippen LogP contribution in [0.1, 0.15) is 46.6 Å². The van der Waals surface area contributed by atoms with Gasteiger partial charge in [0, 0.05) is 18.7 Å². The van der Waals surface area contributed by atoms with Gasteiger partial charge in [0.25, 0.3) is 5.91 Å². The maximum absolute atomic E-state index is 12.6. The molecule has 5 rings (SSSR count). The molecule has 33 heavy (non-hydrogen) atoms. The van der Waals surface area contributed by atoms with Crippen LogP contribution in [-0.4, -0.2) is 33.4 Å². The molecule has 1 N–H and O–H groups in total. The number of nitrogens with zero attached hydrogens (tertiary/aromatic N) is 3. The summed E-state index contributed by atoms with van der Waals surface area (Å²) < 4.78 is 2.25. The quantitative estimate of drug-likeness (QED) is 0.442. The van der Waals surface area contributed by atoms with E-state index in [1.165, 1.54) is 43.5 Å². The van der Waals surface area contributed by atoms with Crippen molar-refractivity contribution in [2.24, 2.45) is 0 Å². The first-order valence-corrected chi connectivity index (χ1v) is 11.8. The molecule has 1 fully saturated rings. The molecule has 1 aromatic heterocycles. The predicted octanol–water partition coefficient (Wildman–Crippen LogP) is 5.00. The van der Waals surface area contributed by atoms with Crippen LogP contribution in [0.25, 0.3) is 11.0 Å². The zero-order chi connectivity index (χ0) is 22.5. The molecule has 1 aliphatic rings. The second-order valence-electron chi connectivity index (χ2n) is 8.76. The molecule has 0 atom stereocenters. The lowest BCUT2D eigenvalue weighted by Crippen LogP contribution is -2.29. The minimum Gasteiger partial charge on any atom is -0.345 e. The van der Waals surface area contributed by atoms with Crippen LogP contribution in [0, 0.1) is 0 Å². The van der Waals surface area contributed by atoms with Gasteiger partial charge in [-0.1, -0.05) is 61.0 Å². The van der Waals surface area contributed by atoms with Gasteiger partial charge in [0.15, 0.2) is 0 Å². The summed E-state index contributed by atoms with van der Waals surface area (Å²) in [5.74, 6) is 0.785. The van der Waals surface area contributed by atoms with Crippen molar-refractivity contribution in [1.82, 2.24) is 19.8 Å². The van der Waals surface area contributed by atoms with Gasteiger partial charge in [-0.3, -0.25) is 9.69 Å². The average molecular weight is 439 g/mol. The van der Waals surface area contributed by atoms with Crippen molar-refractivity contribution in [3.63, 3.8) is 0 Å². The highest BCUT2D eigenvalue weighted by atomic mass is 16.1. The second kappa shape index (κ2) is 10.0. The molecule has 4 aromatic rings. The van der Waals surface area contributed by atoms with E-state index in [-0.39, 0.29) is 5.91 Å². The van der Waals surface area contributed by atoms with Crippen molar-refractivity contribution in [1.29, 1.82) is 0 Å². The summed E-state index contributed by atoms with van der Waals surface area (Å²) in [6, 6.07) is 26.3. The summed E-state index contributed by atoms with van der Waals surface area (Å²) >= 11 is 0. The number of rotatable bonds is 7. The fourth-order valence-corrected chi connectivity index (χ4v) is 4.68. The SMILES string of the molecule is O=C(NCc1nc2ccccc2n1Cc1ccccc1CN1CCCCC1)c1ccccc1. The number of hydrogen-bond donors (Lipinski definition) is 1. The van der Waals surface area contributed by atoms with Gasteiger partial charge in [-0.15, -0.1) is 0 Å². The van der Waals surface area contributed by atoms with Crippen LogP contribution in [0.5, 0.6) is 0 Å². The molecule has 0 radical (unpaired) electrons. The molecule has 2 heterocycles. The first-order chi connectivity index (χ1) is 16.3. The molecule has 5 nitrogen and oxygen atoms in total. The normalized spacial score (nSPS) is 14.4. The molecule has 1 amide bonds. The number of fused-ring (bicyclic) bond motifs is 1. The summed E-state index contributed by atoms with van der Waals surface area (Å²) in [6.07, 6.45) is 3.93. The molecule has 0 spiro atoms. The van der Waals surface area contributed by atoms with Gasteiger partial charge in [-0.05, 0) is 61.3 Å². The Morgan fingerprint density at radius 2 is 1.45 bits per heavy atom. The number of carbonyl (C=O) groups is 1. The number of nitrogens with one attached hydrogen (secondary N) is 1. The van der Waals surface area contributed by atoms with E-state index >= 15 is 0 Å². The van der Waals surface area contributed by atoms with E-state index in [2.05, 4.69) is 45.1 Å². The number of benzene rings is 3. The molecular weight excluding hydrogens is 408 g/mol. The van der Waals surface area contributed by atoms with Gasteiger partial charge in [0.1, 0.15) is 5.82 Å². The maximum atomic E-state index is 12.6. The van der Waals surface area contributed by atoms with Crippen molar-refractivity contribution >= 4 is 16.9 Å². The Kier molecular flexibility index (Phi) is 6.49. The zero-order valence-electron chi connectivity index (χ0n) is 18.9. The van der Waals surface area contributed by atoms with Crippen LogP contribution in [-0.2, 0) is 19.6 Å². The van der Waals surface area contributed by atoms with E-state index in [9.17, 15) is 4.79 Å². The third kappa shape index (κ3) is 4.99. The van der Waals surface area contributed by atoms with Gasteiger partial charge in [-0.2, -0.15) is 0 Å². The monoisotopic (exact) mass is 438 g/mol. The first kappa shape index (κ1) is 21.4. The molecule has 0 aliphatic carbocycles. The summed E-state index contributed by atoms with van der Waals surface area (Å²) in [4.78, 5) is 20.0. The van der Waals surface area contributed by atoms with Crippen molar-refractivity contribution in [3.8, 4) is 0 Å². The summed E-state index contributed by atoms with van der Waals surface area (Å²) in [5.41, 5.74) is 5.38. The Balaban J connectivity index is 1.40. The number of piperidine rings is 1. The Labute approximate surface area is 195 Å². The van der Waals surface area contributed by atoms with Gasteiger partial charge < -0.3 is 9.88 Å². The van der Waals surface area contributed by atoms with Gasteiger partial charge in [0.2, 0.25) is 0 Å². The average Bonchev–Trinajstić information content (AvgIpc) is 3.22. The van der Waals surface area contributed by atoms with Crippen LogP contribution in [0.15, 0.2) is 78.9 Å². The van der Waals surface area contributed by atoms with E-state index in [4.69, 9.17) is 4.98 Å². The maximum Gasteiger partial charge on any atom is 0.251 e. The fourth-order valence-electron chi connectivity index (χ4n) is 4.68. The first-order valence-electron chi connectivity index (χ1n) is 11.8. The van der Waals surface area contributed by atoms with E-state index in [0.29, 0.717) is 12.1 Å². The number of imidazole rings is 1. The van der Waals surface area contributed by atoms with Crippen molar-refractivity contribution in [2.45, 2.75) is 38.9 Å².